The van der Waals surface area contributed by atoms with Gasteiger partial charge in [-0.1, -0.05) is 0 Å². The zero-order valence-corrected chi connectivity index (χ0v) is 11.6. The van der Waals surface area contributed by atoms with Gasteiger partial charge in [-0.25, -0.2) is 0 Å². The quantitative estimate of drug-likeness (QED) is 0.552. The van der Waals surface area contributed by atoms with Crippen LogP contribution in [0.1, 0.15) is 34.1 Å². The van der Waals surface area contributed by atoms with E-state index in [-0.39, 0.29) is 31.0 Å². The monoisotopic (exact) mass is 260 g/mol. The average Bonchev–Trinajstić information content (AvgIpc) is 2.14. The summed E-state index contributed by atoms with van der Waals surface area (Å²) in [5.41, 5.74) is -0.275. The van der Waals surface area contributed by atoms with Crippen molar-refractivity contribution < 1.29 is 19.4 Å². The van der Waals surface area contributed by atoms with Gasteiger partial charge in [0.2, 0.25) is 5.91 Å². The largest absolute Gasteiger partial charge is 0.466 e. The zero-order valence-electron chi connectivity index (χ0n) is 11.6. The molecule has 0 aliphatic heterocycles. The molecule has 0 rings (SSSR count). The molecule has 6 heteroatoms. The molecule has 0 saturated heterocycles. The summed E-state index contributed by atoms with van der Waals surface area (Å²) in [6.07, 6.45) is -0.909. The molecular weight excluding hydrogens is 236 g/mol. The molecule has 0 aromatic carbocycles. The molecule has 0 aliphatic carbocycles. The lowest BCUT2D eigenvalue weighted by Crippen LogP contribution is -2.45. The smallest absolute Gasteiger partial charge is 0.308 e. The van der Waals surface area contributed by atoms with Crippen LogP contribution in [0.4, 0.5) is 0 Å². The van der Waals surface area contributed by atoms with Crippen molar-refractivity contribution in [2.24, 2.45) is 0 Å². The summed E-state index contributed by atoms with van der Waals surface area (Å²) in [7, 11) is 0. The molecule has 6 nitrogen and oxygen atoms in total. The average molecular weight is 260 g/mol. The lowest BCUT2D eigenvalue weighted by atomic mass is 10.1. The SMILES string of the molecule is CCOC(=O)CC(O)CNCC(=O)NC(C)(C)C. The van der Waals surface area contributed by atoms with Gasteiger partial charge in [-0.05, 0) is 27.7 Å². The number of nitrogens with one attached hydrogen (secondary N) is 2. The van der Waals surface area contributed by atoms with Crippen molar-refractivity contribution in [1.29, 1.82) is 0 Å². The minimum Gasteiger partial charge on any atom is -0.466 e. The minimum absolute atomic E-state index is 0.0677. The fourth-order valence-corrected chi connectivity index (χ4v) is 1.30. The Morgan fingerprint density at radius 3 is 2.44 bits per heavy atom. The number of hydrogen-bond acceptors (Lipinski definition) is 5. The van der Waals surface area contributed by atoms with E-state index in [1.54, 1.807) is 6.92 Å². The number of hydrogen-bond donors (Lipinski definition) is 3. The number of rotatable bonds is 7. The summed E-state index contributed by atoms with van der Waals surface area (Å²) >= 11 is 0. The van der Waals surface area contributed by atoms with E-state index in [0.29, 0.717) is 6.61 Å². The summed E-state index contributed by atoms with van der Waals surface area (Å²) < 4.78 is 4.70. The van der Waals surface area contributed by atoms with Crippen LogP contribution in [0.25, 0.3) is 0 Å². The first kappa shape index (κ1) is 16.9. The van der Waals surface area contributed by atoms with E-state index in [2.05, 4.69) is 10.6 Å². The Hall–Kier alpha value is -1.14. The molecule has 1 atom stereocenters. The molecule has 1 unspecified atom stereocenters. The number of amides is 1. The summed E-state index contributed by atoms with van der Waals surface area (Å²) in [4.78, 5) is 22.5. The lowest BCUT2D eigenvalue weighted by Gasteiger charge is -2.20. The number of carbonyl (C=O) groups is 2. The van der Waals surface area contributed by atoms with E-state index in [9.17, 15) is 14.7 Å². The summed E-state index contributed by atoms with van der Waals surface area (Å²) in [6, 6.07) is 0. The Morgan fingerprint density at radius 2 is 1.94 bits per heavy atom. The molecule has 0 spiro atoms. The van der Waals surface area contributed by atoms with Gasteiger partial charge in [0.05, 0.1) is 25.7 Å². The summed E-state index contributed by atoms with van der Waals surface area (Å²) in [5, 5.41) is 15.1. The van der Waals surface area contributed by atoms with E-state index >= 15 is 0 Å². The first-order valence-electron chi connectivity index (χ1n) is 6.10. The number of carbonyl (C=O) groups excluding carboxylic acids is 2. The number of ether oxygens (including phenoxy) is 1. The number of esters is 1. The lowest BCUT2D eigenvalue weighted by molar-refractivity contribution is -0.145. The zero-order chi connectivity index (χ0) is 14.2. The van der Waals surface area contributed by atoms with Crippen LogP contribution in [0.2, 0.25) is 0 Å². The molecule has 0 bridgehead atoms. The van der Waals surface area contributed by atoms with Crippen molar-refractivity contribution in [1.82, 2.24) is 10.6 Å². The predicted molar refractivity (Wildman–Crippen MR) is 68.0 cm³/mol. The molecule has 1 amide bonds. The van der Waals surface area contributed by atoms with Crippen LogP contribution in [0.3, 0.4) is 0 Å². The normalized spacial score (nSPS) is 12.9. The Kier molecular flexibility index (Phi) is 7.54. The van der Waals surface area contributed by atoms with Gasteiger partial charge in [0.25, 0.3) is 0 Å². The number of aliphatic hydroxyl groups excluding tert-OH is 1. The first-order valence-corrected chi connectivity index (χ1v) is 6.10. The molecule has 0 heterocycles. The summed E-state index contributed by atoms with van der Waals surface area (Å²) in [5.74, 6) is -0.586. The molecule has 0 aliphatic rings. The standard InChI is InChI=1S/C12H24N2O4/c1-5-18-11(17)6-9(15)7-13-8-10(16)14-12(2,3)4/h9,13,15H,5-8H2,1-4H3,(H,14,16). The highest BCUT2D eigenvalue weighted by atomic mass is 16.5. The van der Waals surface area contributed by atoms with Gasteiger partial charge >= 0.3 is 5.97 Å². The fraction of sp³-hybridized carbons (Fsp3) is 0.833. The second-order valence-corrected chi connectivity index (χ2v) is 5.09. The highest BCUT2D eigenvalue weighted by molar-refractivity contribution is 5.78. The topological polar surface area (TPSA) is 87.7 Å². The Bertz CT molecular complexity index is 274. The predicted octanol–water partition coefficient (Wildman–Crippen LogP) is -0.195. The van der Waals surface area contributed by atoms with Crippen LogP contribution in [0, 0.1) is 0 Å². The molecule has 106 valence electrons. The first-order chi connectivity index (χ1) is 8.24. The third-order valence-electron chi connectivity index (χ3n) is 1.89. The highest BCUT2D eigenvalue weighted by Gasteiger charge is 2.15. The minimum atomic E-state index is -0.841. The molecule has 0 saturated carbocycles. The molecular formula is C12H24N2O4. The van der Waals surface area contributed by atoms with E-state index in [4.69, 9.17) is 4.74 Å². The Labute approximate surface area is 108 Å². The van der Waals surface area contributed by atoms with E-state index in [1.165, 1.54) is 0 Å². The van der Waals surface area contributed by atoms with Gasteiger partial charge in [-0.3, -0.25) is 9.59 Å². The third-order valence-corrected chi connectivity index (χ3v) is 1.89. The molecule has 0 aromatic heterocycles. The second kappa shape index (κ2) is 8.05. The molecule has 0 fully saturated rings. The maximum absolute atomic E-state index is 11.4. The van der Waals surface area contributed by atoms with Gasteiger partial charge in [0.1, 0.15) is 0 Å². The van der Waals surface area contributed by atoms with Crippen molar-refractivity contribution >= 4 is 11.9 Å². The Balaban J connectivity index is 3.71. The van der Waals surface area contributed by atoms with Crippen molar-refractivity contribution in [3.05, 3.63) is 0 Å². The Morgan fingerprint density at radius 1 is 1.33 bits per heavy atom. The molecule has 0 radical (unpaired) electrons. The fourth-order valence-electron chi connectivity index (χ4n) is 1.30. The van der Waals surface area contributed by atoms with Crippen LogP contribution in [0.15, 0.2) is 0 Å². The van der Waals surface area contributed by atoms with Crippen LogP contribution >= 0.6 is 0 Å². The van der Waals surface area contributed by atoms with Crippen molar-refractivity contribution in [3.8, 4) is 0 Å². The van der Waals surface area contributed by atoms with Gasteiger partial charge in [0, 0.05) is 12.1 Å². The van der Waals surface area contributed by atoms with Crippen molar-refractivity contribution in [2.75, 3.05) is 19.7 Å². The number of aliphatic hydroxyl groups is 1. The molecule has 3 N–H and O–H groups in total. The van der Waals surface area contributed by atoms with E-state index in [1.807, 2.05) is 20.8 Å². The molecule has 0 aromatic rings. The van der Waals surface area contributed by atoms with E-state index < -0.39 is 12.1 Å². The van der Waals surface area contributed by atoms with Gasteiger partial charge in [0.15, 0.2) is 0 Å². The second-order valence-electron chi connectivity index (χ2n) is 5.09. The maximum Gasteiger partial charge on any atom is 0.308 e. The van der Waals surface area contributed by atoms with E-state index in [0.717, 1.165) is 0 Å². The van der Waals surface area contributed by atoms with Gasteiger partial charge in [-0.2, -0.15) is 0 Å². The van der Waals surface area contributed by atoms with Gasteiger partial charge in [-0.15, -0.1) is 0 Å². The maximum atomic E-state index is 11.4. The van der Waals surface area contributed by atoms with Gasteiger partial charge < -0.3 is 20.5 Å². The third kappa shape index (κ3) is 10.0. The van der Waals surface area contributed by atoms with Crippen LogP contribution < -0.4 is 10.6 Å². The van der Waals surface area contributed by atoms with Crippen LogP contribution in [0.5, 0.6) is 0 Å². The molecule has 18 heavy (non-hydrogen) atoms. The van der Waals surface area contributed by atoms with Crippen LogP contribution in [-0.4, -0.2) is 48.3 Å². The van der Waals surface area contributed by atoms with Crippen LogP contribution in [-0.2, 0) is 14.3 Å². The van der Waals surface area contributed by atoms with Crippen molar-refractivity contribution in [2.45, 2.75) is 45.8 Å². The highest BCUT2D eigenvalue weighted by Crippen LogP contribution is 1.97. The van der Waals surface area contributed by atoms with Crippen molar-refractivity contribution in [3.63, 3.8) is 0 Å². The summed E-state index contributed by atoms with van der Waals surface area (Å²) in [6.45, 7) is 7.96.